The molecule has 1 unspecified atom stereocenters. The third-order valence-corrected chi connectivity index (χ3v) is 3.15. The van der Waals surface area contributed by atoms with E-state index in [1.54, 1.807) is 12.1 Å². The molecule has 1 heterocycles. The van der Waals surface area contributed by atoms with Crippen molar-refractivity contribution in [1.82, 2.24) is 5.32 Å². The minimum atomic E-state index is -4.37. The Morgan fingerprint density at radius 3 is 2.80 bits per heavy atom. The lowest BCUT2D eigenvalue weighted by atomic mass is 10.1. The van der Waals surface area contributed by atoms with Crippen LogP contribution in [0.5, 0.6) is 5.75 Å². The third kappa shape index (κ3) is 4.85. The summed E-state index contributed by atoms with van der Waals surface area (Å²) in [6.07, 6.45) is -3.66. The van der Waals surface area contributed by atoms with Gasteiger partial charge in [0, 0.05) is 13.1 Å². The van der Waals surface area contributed by atoms with E-state index >= 15 is 0 Å². The second-order valence-electron chi connectivity index (χ2n) is 4.57. The van der Waals surface area contributed by atoms with Crippen molar-refractivity contribution in [2.24, 2.45) is 0 Å². The minimum Gasteiger partial charge on any atom is -0.483 e. The molecule has 3 nitrogen and oxygen atoms in total. The Bertz CT molecular complexity index is 448. The molecule has 0 saturated carbocycles. The monoisotopic (exact) mass is 309 g/mol. The van der Waals surface area contributed by atoms with E-state index in [2.05, 4.69) is 10.1 Å². The van der Waals surface area contributed by atoms with Crippen LogP contribution in [-0.2, 0) is 11.2 Å². The van der Waals surface area contributed by atoms with Crippen LogP contribution in [0.4, 0.5) is 13.2 Å². The van der Waals surface area contributed by atoms with Gasteiger partial charge in [0.1, 0.15) is 5.75 Å². The summed E-state index contributed by atoms with van der Waals surface area (Å²) >= 11 is 5.93. The fourth-order valence-corrected chi connectivity index (χ4v) is 2.22. The Hall–Kier alpha value is -0.980. The Kier molecular flexibility index (Phi) is 5.12. The summed E-state index contributed by atoms with van der Waals surface area (Å²) in [7, 11) is 0. The first-order valence-corrected chi connectivity index (χ1v) is 6.62. The van der Waals surface area contributed by atoms with Crippen LogP contribution in [0.25, 0.3) is 0 Å². The first-order valence-electron chi connectivity index (χ1n) is 6.24. The maximum absolute atomic E-state index is 12.1. The van der Waals surface area contributed by atoms with E-state index in [0.29, 0.717) is 13.0 Å². The molecule has 1 aliphatic heterocycles. The second kappa shape index (κ2) is 6.65. The molecule has 0 aliphatic carbocycles. The molecule has 1 aromatic rings. The van der Waals surface area contributed by atoms with Gasteiger partial charge < -0.3 is 14.8 Å². The molecule has 112 valence electrons. The molecule has 1 aliphatic rings. The molecule has 1 saturated heterocycles. The Morgan fingerprint density at radius 1 is 1.40 bits per heavy atom. The molecule has 0 radical (unpaired) electrons. The fourth-order valence-electron chi connectivity index (χ4n) is 1.96. The van der Waals surface area contributed by atoms with Crippen LogP contribution in [-0.4, -0.2) is 38.6 Å². The summed E-state index contributed by atoms with van der Waals surface area (Å²) in [6.45, 7) is 0.901. The topological polar surface area (TPSA) is 30.5 Å². The van der Waals surface area contributed by atoms with Gasteiger partial charge in [0.15, 0.2) is 6.61 Å². The molecule has 1 N–H and O–H groups in total. The smallest absolute Gasteiger partial charge is 0.422 e. The number of hydrogen-bond donors (Lipinski definition) is 1. The summed E-state index contributed by atoms with van der Waals surface area (Å²) in [6, 6.07) is 4.78. The number of ether oxygens (including phenoxy) is 2. The zero-order valence-corrected chi connectivity index (χ0v) is 11.4. The van der Waals surface area contributed by atoms with Gasteiger partial charge >= 0.3 is 6.18 Å². The molecule has 0 aromatic heterocycles. The highest BCUT2D eigenvalue weighted by Gasteiger charge is 2.28. The number of rotatable bonds is 4. The van der Waals surface area contributed by atoms with Crippen LogP contribution in [0.3, 0.4) is 0 Å². The number of nitrogens with one attached hydrogen (secondary N) is 1. The molecule has 0 amide bonds. The lowest BCUT2D eigenvalue weighted by molar-refractivity contribution is -0.153. The van der Waals surface area contributed by atoms with Crippen molar-refractivity contribution in [3.63, 3.8) is 0 Å². The average Bonchev–Trinajstić information content (AvgIpc) is 2.38. The van der Waals surface area contributed by atoms with Crippen LogP contribution >= 0.6 is 11.6 Å². The molecular weight excluding hydrogens is 295 g/mol. The van der Waals surface area contributed by atoms with Gasteiger partial charge in [-0.15, -0.1) is 0 Å². The summed E-state index contributed by atoms with van der Waals surface area (Å²) in [5.41, 5.74) is 0.906. The lowest BCUT2D eigenvalue weighted by Gasteiger charge is -2.23. The van der Waals surface area contributed by atoms with Crippen molar-refractivity contribution in [3.8, 4) is 5.75 Å². The van der Waals surface area contributed by atoms with Gasteiger partial charge in [0.25, 0.3) is 0 Å². The van der Waals surface area contributed by atoms with Crippen molar-refractivity contribution in [1.29, 1.82) is 0 Å². The van der Waals surface area contributed by atoms with Crippen molar-refractivity contribution in [3.05, 3.63) is 28.8 Å². The highest BCUT2D eigenvalue weighted by atomic mass is 35.5. The van der Waals surface area contributed by atoms with E-state index in [9.17, 15) is 13.2 Å². The number of hydrogen-bond acceptors (Lipinski definition) is 3. The largest absolute Gasteiger partial charge is 0.483 e. The zero-order chi connectivity index (χ0) is 14.6. The molecular formula is C13H15ClF3NO2. The van der Waals surface area contributed by atoms with Gasteiger partial charge in [0.2, 0.25) is 0 Å². The van der Waals surface area contributed by atoms with Gasteiger partial charge in [0.05, 0.1) is 17.7 Å². The Balaban J connectivity index is 1.94. The SMILES string of the molecule is FC(F)(F)COc1ccc(CC2CNCCO2)cc1Cl. The van der Waals surface area contributed by atoms with Crippen LogP contribution < -0.4 is 10.1 Å². The van der Waals surface area contributed by atoms with Crippen LogP contribution in [0.2, 0.25) is 5.02 Å². The van der Waals surface area contributed by atoms with Gasteiger partial charge in [-0.1, -0.05) is 17.7 Å². The summed E-state index contributed by atoms with van der Waals surface area (Å²) in [5.74, 6) is 0.0374. The highest BCUT2D eigenvalue weighted by Crippen LogP contribution is 2.28. The van der Waals surface area contributed by atoms with Gasteiger partial charge in [-0.25, -0.2) is 0 Å². The molecule has 20 heavy (non-hydrogen) atoms. The zero-order valence-electron chi connectivity index (χ0n) is 10.7. The number of morpholine rings is 1. The number of halogens is 4. The van der Waals surface area contributed by atoms with E-state index in [0.717, 1.165) is 18.7 Å². The molecule has 7 heteroatoms. The predicted molar refractivity (Wildman–Crippen MR) is 69.3 cm³/mol. The normalized spacial score (nSPS) is 19.9. The summed E-state index contributed by atoms with van der Waals surface area (Å²) < 4.78 is 46.4. The summed E-state index contributed by atoms with van der Waals surface area (Å²) in [4.78, 5) is 0. The van der Waals surface area contributed by atoms with E-state index in [1.165, 1.54) is 6.07 Å². The second-order valence-corrected chi connectivity index (χ2v) is 4.98. The lowest BCUT2D eigenvalue weighted by Crippen LogP contribution is -2.39. The third-order valence-electron chi connectivity index (χ3n) is 2.86. The van der Waals surface area contributed by atoms with E-state index in [1.807, 2.05) is 0 Å². The quantitative estimate of drug-likeness (QED) is 0.928. The van der Waals surface area contributed by atoms with Gasteiger partial charge in [-0.2, -0.15) is 13.2 Å². The number of benzene rings is 1. The fraction of sp³-hybridized carbons (Fsp3) is 0.538. The van der Waals surface area contributed by atoms with Crippen LogP contribution in [0, 0.1) is 0 Å². The molecule has 1 aromatic carbocycles. The van der Waals surface area contributed by atoms with E-state index in [-0.39, 0.29) is 16.9 Å². The minimum absolute atomic E-state index is 0.0374. The Morgan fingerprint density at radius 2 is 2.20 bits per heavy atom. The van der Waals surface area contributed by atoms with Crippen molar-refractivity contribution >= 4 is 11.6 Å². The van der Waals surface area contributed by atoms with Crippen LogP contribution in [0.1, 0.15) is 5.56 Å². The molecule has 1 fully saturated rings. The van der Waals surface area contributed by atoms with Crippen LogP contribution in [0.15, 0.2) is 18.2 Å². The van der Waals surface area contributed by atoms with Crippen molar-refractivity contribution < 1.29 is 22.6 Å². The standard InChI is InChI=1S/C13H15ClF3NO2/c14-11-6-9(5-10-7-18-3-4-19-10)1-2-12(11)20-8-13(15,16)17/h1-2,6,10,18H,3-5,7-8H2. The summed E-state index contributed by atoms with van der Waals surface area (Å²) in [5, 5.41) is 3.39. The van der Waals surface area contributed by atoms with Crippen molar-refractivity contribution in [2.45, 2.75) is 18.7 Å². The maximum atomic E-state index is 12.1. The molecule has 1 atom stereocenters. The molecule has 0 bridgehead atoms. The molecule has 2 rings (SSSR count). The van der Waals surface area contributed by atoms with Gasteiger partial charge in [-0.05, 0) is 24.1 Å². The molecule has 0 spiro atoms. The van der Waals surface area contributed by atoms with E-state index < -0.39 is 12.8 Å². The maximum Gasteiger partial charge on any atom is 0.422 e. The average molecular weight is 310 g/mol. The Labute approximate surface area is 120 Å². The first kappa shape index (κ1) is 15.4. The predicted octanol–water partition coefficient (Wildman–Crippen LogP) is 2.81. The number of alkyl halides is 3. The first-order chi connectivity index (χ1) is 9.44. The highest BCUT2D eigenvalue weighted by molar-refractivity contribution is 6.32. The van der Waals surface area contributed by atoms with Gasteiger partial charge in [-0.3, -0.25) is 0 Å². The van der Waals surface area contributed by atoms with Crippen molar-refractivity contribution in [2.75, 3.05) is 26.3 Å². The van der Waals surface area contributed by atoms with E-state index in [4.69, 9.17) is 16.3 Å².